The van der Waals surface area contributed by atoms with Gasteiger partial charge in [0.2, 0.25) is 0 Å². The van der Waals surface area contributed by atoms with Crippen molar-refractivity contribution >= 4 is 11.6 Å². The molecule has 1 aromatic carbocycles. The van der Waals surface area contributed by atoms with Crippen LogP contribution in [0.5, 0.6) is 5.75 Å². The van der Waals surface area contributed by atoms with Crippen LogP contribution in [-0.2, 0) is 0 Å². The van der Waals surface area contributed by atoms with Crippen LogP contribution in [0.3, 0.4) is 0 Å². The molecule has 0 radical (unpaired) electrons. The number of hydrogen-bond acceptors (Lipinski definition) is 2. The molecule has 2 aliphatic rings. The molecule has 1 N–H and O–H groups in total. The number of ether oxygens (including phenoxy) is 1. The average molecular weight is 270 g/mol. The topological polar surface area (TPSA) is 21.3 Å². The van der Waals surface area contributed by atoms with E-state index in [0.29, 0.717) is 11.7 Å². The molecule has 1 unspecified atom stereocenters. The summed E-state index contributed by atoms with van der Waals surface area (Å²) in [6.07, 6.45) is 4.26. The largest absolute Gasteiger partial charge is 0.484 e. The van der Waals surface area contributed by atoms with Crippen LogP contribution in [0.15, 0.2) is 18.2 Å². The monoisotopic (exact) mass is 269 g/mol. The Balaban J connectivity index is 1.69. The Kier molecular flexibility index (Phi) is 3.20. The highest BCUT2D eigenvalue weighted by molar-refractivity contribution is 6.30. The normalized spacial score (nSPS) is 25.1. The van der Waals surface area contributed by atoms with Gasteiger partial charge in [0.15, 0.2) is 11.6 Å². The number of rotatable bonds is 4. The van der Waals surface area contributed by atoms with Gasteiger partial charge < -0.3 is 10.1 Å². The summed E-state index contributed by atoms with van der Waals surface area (Å²) >= 11 is 5.77. The molecule has 4 heteroatoms. The van der Waals surface area contributed by atoms with E-state index in [1.165, 1.54) is 6.42 Å². The molecule has 1 atom stereocenters. The van der Waals surface area contributed by atoms with Gasteiger partial charge in [-0.25, -0.2) is 4.39 Å². The fraction of sp³-hybridized carbons (Fsp3) is 0.571. The lowest BCUT2D eigenvalue weighted by molar-refractivity contribution is 0.141. The van der Waals surface area contributed by atoms with Gasteiger partial charge in [-0.3, -0.25) is 0 Å². The smallest absolute Gasteiger partial charge is 0.183 e. The number of halogens is 2. The zero-order valence-electron chi connectivity index (χ0n) is 10.2. The molecule has 1 heterocycles. The molecule has 1 saturated carbocycles. The van der Waals surface area contributed by atoms with E-state index in [1.807, 2.05) is 0 Å². The first-order valence-corrected chi connectivity index (χ1v) is 6.90. The predicted octanol–water partition coefficient (Wildman–Crippen LogP) is 3.39. The first-order chi connectivity index (χ1) is 8.69. The number of hydrogen-bond donors (Lipinski definition) is 1. The van der Waals surface area contributed by atoms with Crippen LogP contribution in [-0.4, -0.2) is 18.7 Å². The molecule has 3 rings (SSSR count). The van der Waals surface area contributed by atoms with E-state index >= 15 is 0 Å². The fourth-order valence-electron chi connectivity index (χ4n) is 2.70. The summed E-state index contributed by atoms with van der Waals surface area (Å²) in [4.78, 5) is 0. The molecule has 1 aliphatic heterocycles. The third-order valence-electron chi connectivity index (χ3n) is 3.87. The van der Waals surface area contributed by atoms with Crippen LogP contribution in [0.4, 0.5) is 4.39 Å². The van der Waals surface area contributed by atoms with Crippen molar-refractivity contribution in [1.82, 2.24) is 5.32 Å². The second-order valence-electron chi connectivity index (χ2n) is 5.40. The molecule has 1 aliphatic carbocycles. The van der Waals surface area contributed by atoms with Crippen LogP contribution in [0.1, 0.15) is 25.7 Å². The maximum atomic E-state index is 13.8. The van der Waals surface area contributed by atoms with Crippen molar-refractivity contribution in [2.75, 3.05) is 13.1 Å². The third-order valence-corrected chi connectivity index (χ3v) is 4.17. The Morgan fingerprint density at radius 3 is 2.94 bits per heavy atom. The summed E-state index contributed by atoms with van der Waals surface area (Å²) in [7, 11) is 0. The highest BCUT2D eigenvalue weighted by Crippen LogP contribution is 2.46. The summed E-state index contributed by atoms with van der Waals surface area (Å²) in [5, 5.41) is 3.49. The zero-order valence-corrected chi connectivity index (χ0v) is 11.0. The molecule has 98 valence electrons. The van der Waals surface area contributed by atoms with Crippen molar-refractivity contribution in [2.24, 2.45) is 5.92 Å². The predicted molar refractivity (Wildman–Crippen MR) is 69.6 cm³/mol. The van der Waals surface area contributed by atoms with Crippen molar-refractivity contribution in [3.05, 3.63) is 29.0 Å². The Morgan fingerprint density at radius 2 is 2.28 bits per heavy atom. The Labute approximate surface area is 111 Å². The average Bonchev–Trinajstić information content (AvgIpc) is 2.89. The molecular formula is C14H17ClFNO. The summed E-state index contributed by atoms with van der Waals surface area (Å²) in [5.74, 6) is 0.524. The first-order valence-electron chi connectivity index (χ1n) is 6.52. The van der Waals surface area contributed by atoms with Crippen LogP contribution in [0.25, 0.3) is 0 Å². The van der Waals surface area contributed by atoms with E-state index in [0.717, 1.165) is 32.4 Å². The highest BCUT2D eigenvalue weighted by Gasteiger charge is 2.47. The van der Waals surface area contributed by atoms with Gasteiger partial charge in [-0.2, -0.15) is 0 Å². The van der Waals surface area contributed by atoms with E-state index in [4.69, 9.17) is 16.3 Å². The molecule has 2 fully saturated rings. The van der Waals surface area contributed by atoms with E-state index < -0.39 is 5.82 Å². The van der Waals surface area contributed by atoms with Gasteiger partial charge in [0.25, 0.3) is 0 Å². The lowest BCUT2D eigenvalue weighted by atomic mass is 9.99. The molecule has 2 nitrogen and oxygen atoms in total. The van der Waals surface area contributed by atoms with Crippen molar-refractivity contribution in [3.63, 3.8) is 0 Å². The fourth-order valence-corrected chi connectivity index (χ4v) is 2.86. The van der Waals surface area contributed by atoms with Crippen molar-refractivity contribution in [2.45, 2.75) is 31.3 Å². The van der Waals surface area contributed by atoms with Crippen molar-refractivity contribution in [1.29, 1.82) is 0 Å². The lowest BCUT2D eigenvalue weighted by Gasteiger charge is -2.21. The van der Waals surface area contributed by atoms with Crippen LogP contribution in [0.2, 0.25) is 5.02 Å². The quantitative estimate of drug-likeness (QED) is 0.905. The summed E-state index contributed by atoms with van der Waals surface area (Å²) in [5.41, 5.74) is -0.137. The minimum Gasteiger partial charge on any atom is -0.484 e. The molecule has 0 bridgehead atoms. The molecule has 18 heavy (non-hydrogen) atoms. The van der Waals surface area contributed by atoms with Gasteiger partial charge in [0, 0.05) is 0 Å². The number of benzene rings is 1. The maximum Gasteiger partial charge on any atom is 0.183 e. The molecular weight excluding hydrogens is 253 g/mol. The Morgan fingerprint density at radius 1 is 1.44 bits per heavy atom. The Bertz CT molecular complexity index is 441. The summed E-state index contributed by atoms with van der Waals surface area (Å²) < 4.78 is 19.7. The molecule has 1 aromatic rings. The minimum absolute atomic E-state index is 0.130. The zero-order chi connectivity index (χ0) is 12.6. The SMILES string of the molecule is Fc1c(Cl)cccc1OC1(CC2CCNC2)CC1. The second-order valence-corrected chi connectivity index (χ2v) is 5.81. The van der Waals surface area contributed by atoms with Gasteiger partial charge in [0.05, 0.1) is 5.02 Å². The van der Waals surface area contributed by atoms with Crippen molar-refractivity contribution in [3.8, 4) is 5.75 Å². The minimum atomic E-state index is -0.435. The number of nitrogens with one attached hydrogen (secondary N) is 1. The summed E-state index contributed by atoms with van der Waals surface area (Å²) in [6, 6.07) is 4.94. The van der Waals surface area contributed by atoms with Gasteiger partial charge in [-0.05, 0) is 56.8 Å². The summed E-state index contributed by atoms with van der Waals surface area (Å²) in [6.45, 7) is 2.15. The van der Waals surface area contributed by atoms with Crippen molar-refractivity contribution < 1.29 is 9.13 Å². The van der Waals surface area contributed by atoms with Gasteiger partial charge in [0.1, 0.15) is 5.60 Å². The molecule has 0 spiro atoms. The van der Waals surface area contributed by atoms with E-state index in [2.05, 4.69) is 5.32 Å². The Hall–Kier alpha value is -0.800. The third kappa shape index (κ3) is 2.47. The lowest BCUT2D eigenvalue weighted by Crippen LogP contribution is -2.24. The highest BCUT2D eigenvalue weighted by atomic mass is 35.5. The second kappa shape index (κ2) is 4.71. The van der Waals surface area contributed by atoms with Gasteiger partial charge in [-0.1, -0.05) is 17.7 Å². The van der Waals surface area contributed by atoms with E-state index in [9.17, 15) is 4.39 Å². The van der Waals surface area contributed by atoms with E-state index in [1.54, 1.807) is 18.2 Å². The van der Waals surface area contributed by atoms with E-state index in [-0.39, 0.29) is 10.6 Å². The van der Waals surface area contributed by atoms with Crippen LogP contribution >= 0.6 is 11.6 Å². The first kappa shape index (κ1) is 12.2. The van der Waals surface area contributed by atoms with Crippen LogP contribution in [0, 0.1) is 11.7 Å². The van der Waals surface area contributed by atoms with Crippen LogP contribution < -0.4 is 10.1 Å². The molecule has 0 amide bonds. The molecule has 0 aromatic heterocycles. The maximum absolute atomic E-state index is 13.8. The van der Waals surface area contributed by atoms with Gasteiger partial charge in [-0.15, -0.1) is 0 Å². The standard InChI is InChI=1S/C14H17ClFNO/c15-11-2-1-3-12(13(11)16)18-14(5-6-14)8-10-4-7-17-9-10/h1-3,10,17H,4-9H2. The van der Waals surface area contributed by atoms with Gasteiger partial charge >= 0.3 is 0 Å². The molecule has 1 saturated heterocycles.